The molecule has 0 aliphatic carbocycles. The molecule has 0 unspecified atom stereocenters. The number of carbonyl (C=O) groups is 1. The standard InChI is InChI=1S/C24H28FNO4/c1-2-29-24-20(9-6-14-27)21(18-7-4-3-5-8-18)15-22(30-24)23(28)26-16-17-10-12-19(25)13-11-17/h3-5,7-8,10-13,15,20-21,24,27H,2,6,9,14,16H2,1H3,(H,26,28)/t20-,21-,24-/m1/s1. The molecule has 30 heavy (non-hydrogen) atoms. The van der Waals surface area contributed by atoms with Crippen LogP contribution in [0.15, 0.2) is 66.4 Å². The van der Waals surface area contributed by atoms with Gasteiger partial charge in [-0.2, -0.15) is 0 Å². The molecule has 1 aliphatic heterocycles. The number of amides is 1. The molecule has 6 heteroatoms. The highest BCUT2D eigenvalue weighted by atomic mass is 19.1. The van der Waals surface area contributed by atoms with E-state index in [-0.39, 0.29) is 42.5 Å². The Hall–Kier alpha value is -2.70. The van der Waals surface area contributed by atoms with E-state index in [1.807, 2.05) is 43.3 Å². The summed E-state index contributed by atoms with van der Waals surface area (Å²) in [5.74, 6) is -0.541. The van der Waals surface area contributed by atoms with Crippen LogP contribution in [0.3, 0.4) is 0 Å². The number of aliphatic hydroxyl groups is 1. The second kappa shape index (κ2) is 10.9. The number of carbonyl (C=O) groups excluding carboxylic acids is 1. The van der Waals surface area contributed by atoms with Gasteiger partial charge in [0.25, 0.3) is 5.91 Å². The van der Waals surface area contributed by atoms with Crippen LogP contribution in [0.1, 0.15) is 36.8 Å². The van der Waals surface area contributed by atoms with Crippen LogP contribution in [0.2, 0.25) is 0 Å². The molecule has 0 bridgehead atoms. The quantitative estimate of drug-likeness (QED) is 0.655. The maximum Gasteiger partial charge on any atom is 0.286 e. The first-order chi connectivity index (χ1) is 14.6. The Morgan fingerprint density at radius 1 is 1.17 bits per heavy atom. The SMILES string of the molecule is CCO[C@@H]1OC(C(=O)NCc2ccc(F)cc2)=C[C@H](c2ccccc2)[C@H]1CCCO. The minimum Gasteiger partial charge on any atom is -0.459 e. The molecule has 160 valence electrons. The zero-order chi connectivity index (χ0) is 21.3. The predicted molar refractivity (Wildman–Crippen MR) is 112 cm³/mol. The molecule has 5 nitrogen and oxygen atoms in total. The van der Waals surface area contributed by atoms with Crippen LogP contribution < -0.4 is 5.32 Å². The Kier molecular flexibility index (Phi) is 7.99. The van der Waals surface area contributed by atoms with Crippen LogP contribution in [0.5, 0.6) is 0 Å². The highest BCUT2D eigenvalue weighted by Crippen LogP contribution is 2.39. The van der Waals surface area contributed by atoms with Gasteiger partial charge in [0.2, 0.25) is 6.29 Å². The normalized spacial score (nSPS) is 20.9. The van der Waals surface area contributed by atoms with Crippen molar-refractivity contribution in [2.45, 2.75) is 38.5 Å². The van der Waals surface area contributed by atoms with Crippen molar-refractivity contribution in [3.05, 3.63) is 83.4 Å². The summed E-state index contributed by atoms with van der Waals surface area (Å²) in [4.78, 5) is 12.8. The van der Waals surface area contributed by atoms with E-state index >= 15 is 0 Å². The second-order valence-corrected chi connectivity index (χ2v) is 7.25. The molecule has 2 aromatic rings. The third-order valence-corrected chi connectivity index (χ3v) is 5.19. The number of ether oxygens (including phenoxy) is 2. The van der Waals surface area contributed by atoms with Crippen LogP contribution in [-0.2, 0) is 20.8 Å². The predicted octanol–water partition coefficient (Wildman–Crippen LogP) is 3.89. The number of allylic oxidation sites excluding steroid dienone is 1. The van der Waals surface area contributed by atoms with Gasteiger partial charge in [0.15, 0.2) is 5.76 Å². The molecule has 2 N–H and O–H groups in total. The minimum absolute atomic E-state index is 0.0202. The number of aliphatic hydroxyl groups excluding tert-OH is 1. The van der Waals surface area contributed by atoms with E-state index in [2.05, 4.69) is 5.32 Å². The number of hydrogen-bond donors (Lipinski definition) is 2. The van der Waals surface area contributed by atoms with Gasteiger partial charge in [-0.15, -0.1) is 0 Å². The third-order valence-electron chi connectivity index (χ3n) is 5.19. The summed E-state index contributed by atoms with van der Waals surface area (Å²) in [5.41, 5.74) is 1.86. The van der Waals surface area contributed by atoms with E-state index in [0.717, 1.165) is 11.1 Å². The highest BCUT2D eigenvalue weighted by molar-refractivity contribution is 5.91. The van der Waals surface area contributed by atoms with Crippen LogP contribution >= 0.6 is 0 Å². The molecule has 0 aromatic heterocycles. The van der Waals surface area contributed by atoms with Crippen molar-refractivity contribution >= 4 is 5.91 Å². The molecule has 3 atom stereocenters. The fraction of sp³-hybridized carbons (Fsp3) is 0.375. The minimum atomic E-state index is -0.580. The first kappa shape index (κ1) is 22.0. The molecule has 3 rings (SSSR count). The van der Waals surface area contributed by atoms with Gasteiger partial charge in [-0.25, -0.2) is 4.39 Å². The van der Waals surface area contributed by atoms with Gasteiger partial charge >= 0.3 is 0 Å². The van der Waals surface area contributed by atoms with E-state index in [1.165, 1.54) is 12.1 Å². The lowest BCUT2D eigenvalue weighted by Gasteiger charge is -2.37. The molecular formula is C24H28FNO4. The summed E-state index contributed by atoms with van der Waals surface area (Å²) >= 11 is 0. The number of hydrogen-bond acceptors (Lipinski definition) is 4. The molecule has 0 fully saturated rings. The van der Waals surface area contributed by atoms with Gasteiger partial charge in [-0.1, -0.05) is 42.5 Å². The number of rotatable bonds is 9. The van der Waals surface area contributed by atoms with Gasteiger partial charge in [-0.3, -0.25) is 4.79 Å². The van der Waals surface area contributed by atoms with Crippen LogP contribution in [-0.4, -0.2) is 30.5 Å². The van der Waals surface area contributed by atoms with E-state index in [0.29, 0.717) is 19.4 Å². The van der Waals surface area contributed by atoms with Crippen LogP contribution in [0, 0.1) is 11.7 Å². The van der Waals surface area contributed by atoms with Crippen molar-refractivity contribution in [2.75, 3.05) is 13.2 Å². The monoisotopic (exact) mass is 413 g/mol. The lowest BCUT2D eigenvalue weighted by Crippen LogP contribution is -2.38. The van der Waals surface area contributed by atoms with Crippen molar-refractivity contribution < 1.29 is 23.8 Å². The second-order valence-electron chi connectivity index (χ2n) is 7.25. The molecule has 0 saturated heterocycles. The topological polar surface area (TPSA) is 67.8 Å². The Balaban J connectivity index is 1.81. The van der Waals surface area contributed by atoms with Gasteiger partial charge in [-0.05, 0) is 49.1 Å². The Morgan fingerprint density at radius 2 is 1.90 bits per heavy atom. The number of nitrogens with one attached hydrogen (secondary N) is 1. The molecule has 1 heterocycles. The first-order valence-electron chi connectivity index (χ1n) is 10.3. The van der Waals surface area contributed by atoms with Crippen LogP contribution in [0.4, 0.5) is 4.39 Å². The van der Waals surface area contributed by atoms with Gasteiger partial charge in [0, 0.05) is 31.6 Å². The lowest BCUT2D eigenvalue weighted by atomic mass is 9.80. The Morgan fingerprint density at radius 3 is 2.57 bits per heavy atom. The van der Waals surface area contributed by atoms with Crippen molar-refractivity contribution in [1.82, 2.24) is 5.32 Å². The summed E-state index contributed by atoms with van der Waals surface area (Å²) in [5, 5.41) is 12.2. The molecule has 1 amide bonds. The van der Waals surface area contributed by atoms with Crippen molar-refractivity contribution in [3.63, 3.8) is 0 Å². The maximum atomic E-state index is 13.1. The summed E-state index contributed by atoms with van der Waals surface area (Å²) < 4.78 is 24.9. The molecular weight excluding hydrogens is 385 g/mol. The molecule has 1 aliphatic rings. The van der Waals surface area contributed by atoms with Crippen LogP contribution in [0.25, 0.3) is 0 Å². The smallest absolute Gasteiger partial charge is 0.286 e. The molecule has 2 aromatic carbocycles. The van der Waals surface area contributed by atoms with Gasteiger partial charge in [0.1, 0.15) is 5.82 Å². The summed E-state index contributed by atoms with van der Waals surface area (Å²) in [6, 6.07) is 15.9. The fourth-order valence-corrected chi connectivity index (χ4v) is 3.69. The van der Waals surface area contributed by atoms with Gasteiger partial charge < -0.3 is 19.9 Å². The van der Waals surface area contributed by atoms with Crippen molar-refractivity contribution in [1.29, 1.82) is 0 Å². The zero-order valence-corrected chi connectivity index (χ0v) is 17.1. The fourth-order valence-electron chi connectivity index (χ4n) is 3.69. The maximum absolute atomic E-state index is 13.1. The van der Waals surface area contributed by atoms with Crippen molar-refractivity contribution in [2.24, 2.45) is 5.92 Å². The van der Waals surface area contributed by atoms with E-state index in [1.54, 1.807) is 12.1 Å². The summed E-state index contributed by atoms with van der Waals surface area (Å²) in [6.07, 6.45) is 2.60. The third kappa shape index (κ3) is 5.68. The molecule has 0 radical (unpaired) electrons. The summed E-state index contributed by atoms with van der Waals surface area (Å²) in [7, 11) is 0. The lowest BCUT2D eigenvalue weighted by molar-refractivity contribution is -0.166. The van der Waals surface area contributed by atoms with E-state index in [4.69, 9.17) is 9.47 Å². The van der Waals surface area contributed by atoms with Crippen molar-refractivity contribution in [3.8, 4) is 0 Å². The first-order valence-corrected chi connectivity index (χ1v) is 10.3. The average Bonchev–Trinajstić information content (AvgIpc) is 2.78. The number of benzene rings is 2. The Bertz CT molecular complexity index is 838. The van der Waals surface area contributed by atoms with E-state index in [9.17, 15) is 14.3 Å². The van der Waals surface area contributed by atoms with Gasteiger partial charge in [0.05, 0.1) is 0 Å². The average molecular weight is 413 g/mol. The molecule has 0 saturated carbocycles. The largest absolute Gasteiger partial charge is 0.459 e. The Labute approximate surface area is 176 Å². The molecule has 0 spiro atoms. The highest BCUT2D eigenvalue weighted by Gasteiger charge is 2.37. The number of halogens is 1. The van der Waals surface area contributed by atoms with E-state index < -0.39 is 6.29 Å². The zero-order valence-electron chi connectivity index (χ0n) is 17.1. The summed E-state index contributed by atoms with van der Waals surface area (Å²) in [6.45, 7) is 2.69.